The molecule has 2 atom stereocenters. The zero-order valence-corrected chi connectivity index (χ0v) is 18.6. The van der Waals surface area contributed by atoms with E-state index in [1.165, 1.54) is 11.1 Å². The van der Waals surface area contributed by atoms with Crippen molar-refractivity contribution in [3.63, 3.8) is 0 Å². The van der Waals surface area contributed by atoms with Crippen LogP contribution in [0.5, 0.6) is 0 Å². The third-order valence-corrected chi connectivity index (χ3v) is 7.97. The highest BCUT2D eigenvalue weighted by Gasteiger charge is 2.39. The average molecular weight is 437 g/mol. The lowest BCUT2D eigenvalue weighted by molar-refractivity contribution is 0.594. The van der Waals surface area contributed by atoms with Crippen LogP contribution in [0.2, 0.25) is 0 Å². The molecule has 1 aromatic heterocycles. The lowest BCUT2D eigenvalue weighted by atomic mass is 10.0. The topological polar surface area (TPSA) is 29.5 Å². The van der Waals surface area contributed by atoms with Gasteiger partial charge in [-0.15, -0.1) is 0 Å². The molecule has 5 aromatic rings. The number of fused-ring (bicyclic) bond motifs is 3. The maximum Gasteiger partial charge on any atom is 0.310 e. The van der Waals surface area contributed by atoms with Gasteiger partial charge in [0.1, 0.15) is 11.2 Å². The number of hydrogen-bond donors (Lipinski definition) is 0. The summed E-state index contributed by atoms with van der Waals surface area (Å²) in [6.45, 7) is 0. The summed E-state index contributed by atoms with van der Waals surface area (Å²) in [5.41, 5.74) is 4.39. The fourth-order valence-electron chi connectivity index (χ4n) is 4.83. The molecular weight excluding hydrogens is 413 g/mol. The van der Waals surface area contributed by atoms with Gasteiger partial charge < -0.3 is 8.39 Å². The smallest absolute Gasteiger partial charge is 0.310 e. The molecule has 0 spiro atoms. The number of benzene rings is 4. The monoisotopic (exact) mass is 437 g/mol. The Balaban J connectivity index is 1.61. The Hall–Kier alpha value is -3.26. The largest absolute Gasteiger partial charge is 0.408 e. The maximum absolute atomic E-state index is 6.70. The van der Waals surface area contributed by atoms with E-state index >= 15 is 0 Å². The van der Waals surface area contributed by atoms with Gasteiger partial charge in [0.05, 0.1) is 0 Å². The van der Waals surface area contributed by atoms with Crippen molar-refractivity contribution in [1.82, 2.24) is 0 Å². The first kappa shape index (κ1) is 19.4. The summed E-state index contributed by atoms with van der Waals surface area (Å²) in [6, 6.07) is 38.5. The van der Waals surface area contributed by atoms with Crippen LogP contribution in [0.3, 0.4) is 0 Å². The Morgan fingerprint density at radius 3 is 1.41 bits per heavy atom. The van der Waals surface area contributed by atoms with Crippen LogP contribution in [-0.2, 0) is 0 Å². The van der Waals surface area contributed by atoms with Gasteiger partial charge in [0.25, 0.3) is 0 Å². The molecule has 1 aliphatic heterocycles. The van der Waals surface area contributed by atoms with Crippen molar-refractivity contribution < 1.29 is 8.39 Å². The van der Waals surface area contributed by atoms with Crippen LogP contribution in [0.4, 0.5) is 0 Å². The summed E-state index contributed by atoms with van der Waals surface area (Å²) in [5, 5.41) is 2.17. The third kappa shape index (κ3) is 3.44. The van der Waals surface area contributed by atoms with Gasteiger partial charge in [-0.1, -0.05) is 97.1 Å². The summed E-state index contributed by atoms with van der Waals surface area (Å²) in [7, 11) is -1.37. The predicted molar refractivity (Wildman–Crippen MR) is 132 cm³/mol. The summed E-state index contributed by atoms with van der Waals surface area (Å²) in [4.78, 5) is 0. The molecule has 4 aromatic carbocycles. The second-order valence-electron chi connectivity index (χ2n) is 8.22. The van der Waals surface area contributed by atoms with Gasteiger partial charge in [0.15, 0.2) is 0 Å². The van der Waals surface area contributed by atoms with Gasteiger partial charge >= 0.3 is 8.16 Å². The van der Waals surface area contributed by atoms with Gasteiger partial charge in [-0.05, 0) is 36.1 Å². The fraction of sp³-hybridized carbons (Fsp3) is 0.143. The minimum atomic E-state index is -1.37. The maximum atomic E-state index is 6.70. The summed E-state index contributed by atoms with van der Waals surface area (Å²) >= 11 is 0. The average Bonchev–Trinajstić information content (AvgIpc) is 3.23. The van der Waals surface area contributed by atoms with Crippen molar-refractivity contribution in [2.24, 2.45) is 0 Å². The minimum absolute atomic E-state index is 0.241. The van der Waals surface area contributed by atoms with Crippen molar-refractivity contribution in [2.45, 2.75) is 24.9 Å². The Kier molecular flexibility index (Phi) is 5.07. The number of rotatable bonds is 3. The van der Waals surface area contributed by atoms with Crippen molar-refractivity contribution in [3.8, 4) is 0 Å². The van der Waals surface area contributed by atoms with Gasteiger partial charge in [-0.25, -0.2) is 0 Å². The summed E-state index contributed by atoms with van der Waals surface area (Å²) in [5.74, 6) is 0. The number of para-hydroxylation sites is 2. The van der Waals surface area contributed by atoms with Gasteiger partial charge in [0.2, 0.25) is 0 Å². The zero-order chi connectivity index (χ0) is 21.3. The molecule has 158 valence electrons. The molecule has 32 heavy (non-hydrogen) atoms. The highest BCUT2D eigenvalue weighted by Crippen LogP contribution is 2.53. The third-order valence-electron chi connectivity index (χ3n) is 6.33. The molecule has 0 bridgehead atoms. The van der Waals surface area contributed by atoms with Crippen molar-refractivity contribution >= 4 is 30.1 Å². The zero-order valence-electron chi connectivity index (χ0n) is 17.7. The van der Waals surface area contributed by atoms with Crippen LogP contribution in [0.1, 0.15) is 36.1 Å². The number of nitrogens with zero attached hydrogens (tertiary/aromatic N) is 1. The van der Waals surface area contributed by atoms with E-state index in [4.69, 9.17) is 8.39 Å². The van der Waals surface area contributed by atoms with Crippen molar-refractivity contribution in [2.75, 3.05) is 4.67 Å². The lowest BCUT2D eigenvalue weighted by Gasteiger charge is -2.27. The van der Waals surface area contributed by atoms with Crippen LogP contribution < -0.4 is 4.67 Å². The highest BCUT2D eigenvalue weighted by molar-refractivity contribution is 7.39. The Bertz CT molecular complexity index is 1290. The SMILES string of the molecule is c1ccc(C2CCC(c3ccccc3)N2p2oc3ccccc3c3ccccc3o2)cc1. The van der Waals surface area contributed by atoms with Crippen molar-refractivity contribution in [1.29, 1.82) is 0 Å². The van der Waals surface area contributed by atoms with Crippen LogP contribution in [-0.4, -0.2) is 0 Å². The molecule has 1 fully saturated rings. The molecule has 1 saturated heterocycles. The second kappa shape index (κ2) is 8.35. The molecule has 0 N–H and O–H groups in total. The molecular formula is C28H24NO2P. The molecule has 0 saturated carbocycles. The van der Waals surface area contributed by atoms with E-state index in [9.17, 15) is 0 Å². The van der Waals surface area contributed by atoms with Crippen molar-refractivity contribution in [3.05, 3.63) is 120 Å². The predicted octanol–water partition coefficient (Wildman–Crippen LogP) is 8.50. The molecule has 0 amide bonds. The molecule has 2 heterocycles. The molecule has 3 nitrogen and oxygen atoms in total. The first-order valence-electron chi connectivity index (χ1n) is 11.1. The standard InChI is InChI=1S/C28H24NO2P/c1-3-11-21(12-4-1)25-19-20-26(22-13-5-2-6-14-22)29(25)32-30-27-17-9-7-15-23(27)24-16-8-10-18-28(24)31-32/h1-18,25-26H,19-20H2. The second-order valence-corrected chi connectivity index (χ2v) is 9.53. The Labute approximate surface area is 188 Å². The first-order chi connectivity index (χ1) is 15.9. The molecule has 2 unspecified atom stereocenters. The van der Waals surface area contributed by atoms with Gasteiger partial charge in [-0.3, -0.25) is 0 Å². The highest BCUT2D eigenvalue weighted by atomic mass is 31.1. The molecule has 6 rings (SSSR count). The Morgan fingerprint density at radius 1 is 0.531 bits per heavy atom. The molecule has 0 radical (unpaired) electrons. The minimum Gasteiger partial charge on any atom is -0.408 e. The lowest BCUT2D eigenvalue weighted by Crippen LogP contribution is -2.22. The summed E-state index contributed by atoms with van der Waals surface area (Å²) in [6.07, 6.45) is 2.14. The normalized spacial score (nSPS) is 18.9. The fourth-order valence-corrected chi connectivity index (χ4v) is 6.67. The summed E-state index contributed by atoms with van der Waals surface area (Å²) < 4.78 is 15.9. The number of hydrogen-bond acceptors (Lipinski definition) is 3. The Morgan fingerprint density at radius 2 is 0.938 bits per heavy atom. The van der Waals surface area contributed by atoms with E-state index in [-0.39, 0.29) is 12.1 Å². The van der Waals surface area contributed by atoms with Gasteiger partial charge in [0, 0.05) is 22.9 Å². The van der Waals surface area contributed by atoms with E-state index in [0.29, 0.717) is 0 Å². The van der Waals surface area contributed by atoms with E-state index in [0.717, 1.165) is 34.8 Å². The van der Waals surface area contributed by atoms with Crippen LogP contribution in [0.15, 0.2) is 118 Å². The van der Waals surface area contributed by atoms with E-state index in [1.54, 1.807) is 0 Å². The first-order valence-corrected chi connectivity index (χ1v) is 12.2. The van der Waals surface area contributed by atoms with Crippen LogP contribution >= 0.6 is 8.16 Å². The van der Waals surface area contributed by atoms with E-state index < -0.39 is 8.16 Å². The van der Waals surface area contributed by atoms with E-state index in [2.05, 4.69) is 102 Å². The van der Waals surface area contributed by atoms with Gasteiger partial charge in [-0.2, -0.15) is 4.67 Å². The molecule has 4 heteroatoms. The van der Waals surface area contributed by atoms with E-state index in [1.807, 2.05) is 12.1 Å². The quantitative estimate of drug-likeness (QED) is 0.283. The van der Waals surface area contributed by atoms with Crippen LogP contribution in [0.25, 0.3) is 21.9 Å². The molecule has 0 aliphatic carbocycles. The molecule has 1 aliphatic rings. The van der Waals surface area contributed by atoms with Crippen LogP contribution in [0, 0.1) is 0 Å².